The minimum absolute atomic E-state index is 0.151. The van der Waals surface area contributed by atoms with E-state index in [0.717, 1.165) is 55.0 Å². The number of fused-ring (bicyclic) bond motifs is 1. The molecule has 158 valence electrons. The molecule has 1 heterocycles. The van der Waals surface area contributed by atoms with Crippen molar-refractivity contribution in [2.75, 3.05) is 0 Å². The van der Waals surface area contributed by atoms with Gasteiger partial charge in [0.1, 0.15) is 11.2 Å². The Bertz CT molecular complexity index is 1110. The first-order valence-corrected chi connectivity index (χ1v) is 10.6. The van der Waals surface area contributed by atoms with E-state index < -0.39 is 11.4 Å². The summed E-state index contributed by atoms with van der Waals surface area (Å²) in [5.74, 6) is 5.81. The number of hydrogen-bond donors (Lipinski definition) is 4. The van der Waals surface area contributed by atoms with Gasteiger partial charge in [-0.1, -0.05) is 55.7 Å². The van der Waals surface area contributed by atoms with Crippen LogP contribution in [0.15, 0.2) is 54.6 Å². The average Bonchev–Trinajstić information content (AvgIpc) is 3.11. The van der Waals surface area contributed by atoms with Crippen molar-refractivity contribution < 1.29 is 14.8 Å². The van der Waals surface area contributed by atoms with E-state index in [-0.39, 0.29) is 5.91 Å². The monoisotopic (exact) mass is 415 g/mol. The number of rotatable bonds is 3. The van der Waals surface area contributed by atoms with Gasteiger partial charge in [0, 0.05) is 22.0 Å². The normalized spacial score (nSPS) is 15.4. The number of amides is 2. The molecule has 6 heteroatoms. The van der Waals surface area contributed by atoms with Crippen LogP contribution in [-0.4, -0.2) is 27.5 Å². The number of aromatic nitrogens is 1. The molecule has 3 aromatic rings. The van der Waals surface area contributed by atoms with Crippen molar-refractivity contribution >= 4 is 22.7 Å². The molecule has 31 heavy (non-hydrogen) atoms. The minimum Gasteiger partial charge on any atom is -0.351 e. The molecule has 1 aliphatic rings. The van der Waals surface area contributed by atoms with Crippen LogP contribution in [-0.2, 0) is 0 Å². The standard InChI is InChI=1S/C25H25N3O3/c29-23(28-31)19-11-9-18(10-12-19)13-16-25(14-5-1-2-6-15-25)27-24(30)22-17-20-7-3-4-8-21(20)26-22/h3-4,7-12,17,26,31H,1-2,5-6,14-15H2,(H,27,30)(H,28,29). The van der Waals surface area contributed by atoms with E-state index in [1.54, 1.807) is 29.7 Å². The third-order valence-corrected chi connectivity index (χ3v) is 5.78. The molecule has 0 spiro atoms. The molecule has 6 nitrogen and oxygen atoms in total. The highest BCUT2D eigenvalue weighted by atomic mass is 16.5. The zero-order valence-electron chi connectivity index (χ0n) is 17.2. The van der Waals surface area contributed by atoms with E-state index >= 15 is 0 Å². The molecular weight excluding hydrogens is 390 g/mol. The summed E-state index contributed by atoms with van der Waals surface area (Å²) in [5, 5.41) is 13.0. The summed E-state index contributed by atoms with van der Waals surface area (Å²) in [6.45, 7) is 0. The summed E-state index contributed by atoms with van der Waals surface area (Å²) in [5.41, 5.74) is 3.59. The minimum atomic E-state index is -0.591. The molecule has 1 fully saturated rings. The maximum absolute atomic E-state index is 13.1. The van der Waals surface area contributed by atoms with Crippen molar-refractivity contribution in [3.05, 3.63) is 71.4 Å². The van der Waals surface area contributed by atoms with E-state index in [4.69, 9.17) is 5.21 Å². The Morgan fingerprint density at radius 1 is 0.935 bits per heavy atom. The molecule has 0 saturated heterocycles. The first kappa shape index (κ1) is 20.7. The number of para-hydroxylation sites is 1. The van der Waals surface area contributed by atoms with Crippen LogP contribution in [0.2, 0.25) is 0 Å². The lowest BCUT2D eigenvalue weighted by Gasteiger charge is -2.28. The molecule has 0 aliphatic heterocycles. The molecular formula is C25H25N3O3. The maximum atomic E-state index is 13.1. The Morgan fingerprint density at radius 3 is 2.32 bits per heavy atom. The molecule has 1 aromatic heterocycles. The number of carbonyl (C=O) groups excluding carboxylic acids is 2. The largest absolute Gasteiger partial charge is 0.351 e. The van der Waals surface area contributed by atoms with Gasteiger partial charge in [-0.25, -0.2) is 5.48 Å². The van der Waals surface area contributed by atoms with Crippen LogP contribution in [0, 0.1) is 11.8 Å². The van der Waals surface area contributed by atoms with E-state index in [2.05, 4.69) is 22.1 Å². The first-order valence-electron chi connectivity index (χ1n) is 10.6. The summed E-state index contributed by atoms with van der Waals surface area (Å²) < 4.78 is 0. The molecule has 0 radical (unpaired) electrons. The van der Waals surface area contributed by atoms with Crippen molar-refractivity contribution in [3.63, 3.8) is 0 Å². The zero-order valence-corrected chi connectivity index (χ0v) is 17.2. The molecule has 4 rings (SSSR count). The van der Waals surface area contributed by atoms with Crippen LogP contribution >= 0.6 is 0 Å². The van der Waals surface area contributed by atoms with Crippen molar-refractivity contribution in [1.82, 2.24) is 15.8 Å². The summed E-state index contributed by atoms with van der Waals surface area (Å²) in [4.78, 5) is 27.8. The first-order chi connectivity index (χ1) is 15.1. The van der Waals surface area contributed by atoms with E-state index in [0.29, 0.717) is 11.3 Å². The highest BCUT2D eigenvalue weighted by Gasteiger charge is 2.31. The van der Waals surface area contributed by atoms with Crippen molar-refractivity contribution in [3.8, 4) is 11.8 Å². The summed E-state index contributed by atoms with van der Waals surface area (Å²) in [6.07, 6.45) is 5.90. The number of benzene rings is 2. The highest BCUT2D eigenvalue weighted by molar-refractivity contribution is 5.98. The number of hydroxylamine groups is 1. The Kier molecular flexibility index (Phi) is 6.06. The van der Waals surface area contributed by atoms with Crippen molar-refractivity contribution in [2.24, 2.45) is 0 Å². The van der Waals surface area contributed by atoms with Gasteiger partial charge in [0.25, 0.3) is 11.8 Å². The second-order valence-corrected chi connectivity index (χ2v) is 7.99. The molecule has 1 aliphatic carbocycles. The van der Waals surface area contributed by atoms with Gasteiger partial charge in [-0.05, 0) is 49.2 Å². The molecule has 2 aromatic carbocycles. The van der Waals surface area contributed by atoms with Gasteiger partial charge in [-0.2, -0.15) is 0 Å². The summed E-state index contributed by atoms with van der Waals surface area (Å²) in [7, 11) is 0. The Hall–Kier alpha value is -3.56. The molecule has 4 N–H and O–H groups in total. The highest BCUT2D eigenvalue weighted by Crippen LogP contribution is 2.27. The van der Waals surface area contributed by atoms with Crippen LogP contribution in [0.4, 0.5) is 0 Å². The van der Waals surface area contributed by atoms with Crippen LogP contribution in [0.25, 0.3) is 10.9 Å². The quantitative estimate of drug-likeness (QED) is 0.224. The molecule has 1 saturated carbocycles. The zero-order chi connectivity index (χ0) is 21.7. The Balaban J connectivity index is 1.59. The van der Waals surface area contributed by atoms with Gasteiger partial charge in [0.15, 0.2) is 0 Å². The fourth-order valence-corrected chi connectivity index (χ4v) is 4.05. The summed E-state index contributed by atoms with van der Waals surface area (Å²) in [6, 6.07) is 16.4. The third-order valence-electron chi connectivity index (χ3n) is 5.78. The van der Waals surface area contributed by atoms with E-state index in [1.807, 2.05) is 30.3 Å². The lowest BCUT2D eigenvalue weighted by Crippen LogP contribution is -2.47. The topological polar surface area (TPSA) is 94.2 Å². The van der Waals surface area contributed by atoms with E-state index in [1.165, 1.54) is 0 Å². The number of aromatic amines is 1. The molecule has 0 atom stereocenters. The predicted molar refractivity (Wildman–Crippen MR) is 119 cm³/mol. The van der Waals surface area contributed by atoms with Crippen molar-refractivity contribution in [2.45, 2.75) is 44.1 Å². The number of carbonyl (C=O) groups is 2. The lowest BCUT2D eigenvalue weighted by atomic mass is 9.90. The second-order valence-electron chi connectivity index (χ2n) is 7.99. The van der Waals surface area contributed by atoms with Crippen LogP contribution in [0.5, 0.6) is 0 Å². The maximum Gasteiger partial charge on any atom is 0.274 e. The number of H-pyrrole nitrogens is 1. The fourth-order valence-electron chi connectivity index (χ4n) is 4.05. The van der Waals surface area contributed by atoms with Gasteiger partial charge in [-0.15, -0.1) is 0 Å². The Labute approximate surface area is 181 Å². The molecule has 0 unspecified atom stereocenters. The van der Waals surface area contributed by atoms with Gasteiger partial charge in [0.2, 0.25) is 0 Å². The number of hydrogen-bond acceptors (Lipinski definition) is 3. The average molecular weight is 415 g/mol. The van der Waals surface area contributed by atoms with Gasteiger partial charge in [-0.3, -0.25) is 14.8 Å². The lowest BCUT2D eigenvalue weighted by molar-refractivity contribution is 0.0706. The number of nitrogens with one attached hydrogen (secondary N) is 3. The fraction of sp³-hybridized carbons (Fsp3) is 0.280. The summed E-state index contributed by atoms with van der Waals surface area (Å²) >= 11 is 0. The van der Waals surface area contributed by atoms with Crippen molar-refractivity contribution in [1.29, 1.82) is 0 Å². The molecule has 0 bridgehead atoms. The predicted octanol–water partition coefficient (Wildman–Crippen LogP) is 4.16. The van der Waals surface area contributed by atoms with Gasteiger partial charge < -0.3 is 10.3 Å². The van der Waals surface area contributed by atoms with Crippen LogP contribution < -0.4 is 10.8 Å². The van der Waals surface area contributed by atoms with E-state index in [9.17, 15) is 9.59 Å². The van der Waals surface area contributed by atoms with Gasteiger partial charge >= 0.3 is 0 Å². The molecule has 2 amide bonds. The smallest absolute Gasteiger partial charge is 0.274 e. The van der Waals surface area contributed by atoms with Crippen LogP contribution in [0.1, 0.15) is 64.9 Å². The Morgan fingerprint density at radius 2 is 1.65 bits per heavy atom. The van der Waals surface area contributed by atoms with Crippen LogP contribution in [0.3, 0.4) is 0 Å². The second kappa shape index (κ2) is 9.07. The SMILES string of the molecule is O=C(NO)c1ccc(C#CC2(NC(=O)c3cc4ccccc4[nH]3)CCCCCC2)cc1. The van der Waals surface area contributed by atoms with Gasteiger partial charge in [0.05, 0.1) is 0 Å². The third kappa shape index (κ3) is 4.79.